The highest BCUT2D eigenvalue weighted by molar-refractivity contribution is 5.89. The summed E-state index contributed by atoms with van der Waals surface area (Å²) in [6.07, 6.45) is -0.989. The lowest BCUT2D eigenvalue weighted by Crippen LogP contribution is -2.55. The van der Waals surface area contributed by atoms with E-state index in [4.69, 9.17) is 42.6 Å². The molecule has 2 saturated heterocycles. The van der Waals surface area contributed by atoms with E-state index in [0.29, 0.717) is 56.4 Å². The van der Waals surface area contributed by atoms with Gasteiger partial charge in [0.05, 0.1) is 79.2 Å². The number of likely N-dealkylation sites (tertiary alicyclic amines) is 1. The van der Waals surface area contributed by atoms with Gasteiger partial charge in [-0.2, -0.15) is 0 Å². The Hall–Kier alpha value is -4.46. The number of hydrogen-bond donors (Lipinski definition) is 0. The minimum atomic E-state index is -0.702. The van der Waals surface area contributed by atoms with Crippen molar-refractivity contribution < 1.29 is 51.8 Å². The molecule has 4 atom stereocenters. The second-order valence-corrected chi connectivity index (χ2v) is 15.9. The average Bonchev–Trinajstić information content (AvgIpc) is 3.54. The van der Waals surface area contributed by atoms with Crippen molar-refractivity contribution in [1.82, 2.24) is 4.90 Å². The summed E-state index contributed by atoms with van der Waals surface area (Å²) in [7, 11) is 3.22. The Morgan fingerprint density at radius 1 is 0.877 bits per heavy atom. The normalized spacial score (nSPS) is 20.7. The molecule has 11 nitrogen and oxygen atoms in total. The monoisotopic (exact) mass is 789 g/mol. The van der Waals surface area contributed by atoms with E-state index in [-0.39, 0.29) is 37.7 Å². The minimum absolute atomic E-state index is 0.237. The second-order valence-electron chi connectivity index (χ2n) is 15.9. The highest BCUT2D eigenvalue weighted by Gasteiger charge is 2.43. The van der Waals surface area contributed by atoms with Crippen molar-refractivity contribution in [2.24, 2.45) is 0 Å². The van der Waals surface area contributed by atoms with Crippen LogP contribution in [0.1, 0.15) is 63.6 Å². The van der Waals surface area contributed by atoms with Crippen LogP contribution in [0.15, 0.2) is 78.9 Å². The Morgan fingerprint density at radius 3 is 2.32 bits per heavy atom. The number of nitrogens with zero attached hydrogens (tertiary/aromatic N) is 1. The molecule has 2 heterocycles. The molecule has 2 aliphatic heterocycles. The number of carbonyl (C=O) groups is 1. The molecule has 2 aliphatic rings. The number of amides is 1. The summed E-state index contributed by atoms with van der Waals surface area (Å²) < 4.78 is 67.8. The highest BCUT2D eigenvalue weighted by atomic mass is 19.1. The van der Waals surface area contributed by atoms with Crippen molar-refractivity contribution in [3.05, 3.63) is 101 Å². The Kier molecular flexibility index (Phi) is 14.0. The van der Waals surface area contributed by atoms with Crippen LogP contribution in [0, 0.1) is 5.82 Å². The fraction of sp³-hybridized carbons (Fsp3) is 0.489. The maximum Gasteiger partial charge on any atom is 0.410 e. The molecular formula is C45H56FNO10. The molecule has 308 valence electrons. The first-order chi connectivity index (χ1) is 27.3. The predicted molar refractivity (Wildman–Crippen MR) is 213 cm³/mol. The number of fused-ring (bicyclic) bond motifs is 1. The summed E-state index contributed by atoms with van der Waals surface area (Å²) in [5.41, 5.74) is 1.89. The molecule has 1 amide bonds. The van der Waals surface area contributed by atoms with Gasteiger partial charge in [0.25, 0.3) is 0 Å². The van der Waals surface area contributed by atoms with Crippen LogP contribution in [-0.4, -0.2) is 94.4 Å². The molecule has 0 spiro atoms. The molecule has 0 saturated carbocycles. The van der Waals surface area contributed by atoms with E-state index in [9.17, 15) is 9.18 Å². The van der Waals surface area contributed by atoms with Crippen molar-refractivity contribution in [3.63, 3.8) is 0 Å². The van der Waals surface area contributed by atoms with Crippen LogP contribution in [0.2, 0.25) is 0 Å². The van der Waals surface area contributed by atoms with Crippen LogP contribution >= 0.6 is 0 Å². The smallest absolute Gasteiger partial charge is 0.410 e. The van der Waals surface area contributed by atoms with Gasteiger partial charge in [-0.05, 0) is 93.6 Å². The van der Waals surface area contributed by atoms with Gasteiger partial charge >= 0.3 is 6.09 Å². The predicted octanol–water partition coefficient (Wildman–Crippen LogP) is 8.44. The van der Waals surface area contributed by atoms with Gasteiger partial charge in [-0.1, -0.05) is 36.4 Å². The third-order valence-electron chi connectivity index (χ3n) is 9.85. The van der Waals surface area contributed by atoms with Crippen molar-refractivity contribution in [2.45, 2.75) is 89.9 Å². The molecule has 0 aromatic heterocycles. The summed E-state index contributed by atoms with van der Waals surface area (Å²) in [6, 6.07) is 24.5. The van der Waals surface area contributed by atoms with Gasteiger partial charge in [0.2, 0.25) is 0 Å². The summed E-state index contributed by atoms with van der Waals surface area (Å²) in [6.45, 7) is 12.0. The van der Waals surface area contributed by atoms with Crippen LogP contribution in [0.25, 0.3) is 10.8 Å². The van der Waals surface area contributed by atoms with Gasteiger partial charge < -0.3 is 47.5 Å². The van der Waals surface area contributed by atoms with Gasteiger partial charge in [-0.15, -0.1) is 0 Å². The van der Waals surface area contributed by atoms with Gasteiger partial charge in [0.15, 0.2) is 5.79 Å². The molecule has 4 aromatic carbocycles. The fourth-order valence-electron chi connectivity index (χ4n) is 7.24. The standard InChI is InChI=1S/C45H56FNO10/c1-44(2,3)57-43(48)47-24-40(53-26-30-21-32-11-8-9-12-37(32)39(22-30)50-7)42(41(25-47)54-28-36-29-55-45(4,5)56-36)31-13-16-35(17-14-31)52-20-10-19-51-27-33-23-34(46)15-18-38(33)49-6/h8-9,11-18,21-23,36,40-42H,10,19-20,24-29H2,1-7H3/t36-,40-,41+,42+/m0/s1. The van der Waals surface area contributed by atoms with Crippen LogP contribution in [-0.2, 0) is 41.6 Å². The molecule has 0 unspecified atom stereocenters. The molecule has 0 aliphatic carbocycles. The van der Waals surface area contributed by atoms with Crippen LogP contribution in [0.5, 0.6) is 17.2 Å². The molecule has 0 N–H and O–H groups in total. The van der Waals surface area contributed by atoms with E-state index in [1.807, 2.05) is 83.1 Å². The summed E-state index contributed by atoms with van der Waals surface area (Å²) in [4.78, 5) is 15.3. The molecule has 0 bridgehead atoms. The van der Waals surface area contributed by atoms with Crippen molar-refractivity contribution in [1.29, 1.82) is 0 Å². The number of ether oxygens (including phenoxy) is 9. The summed E-state index contributed by atoms with van der Waals surface area (Å²) >= 11 is 0. The Labute approximate surface area is 335 Å². The Balaban J connectivity index is 1.18. The summed E-state index contributed by atoms with van der Waals surface area (Å²) in [5.74, 6) is 0.752. The van der Waals surface area contributed by atoms with Crippen molar-refractivity contribution in [2.75, 3.05) is 53.7 Å². The minimum Gasteiger partial charge on any atom is -0.496 e. The summed E-state index contributed by atoms with van der Waals surface area (Å²) in [5, 5.41) is 2.06. The molecule has 0 radical (unpaired) electrons. The lowest BCUT2D eigenvalue weighted by atomic mass is 9.84. The maximum absolute atomic E-state index is 13.7. The lowest BCUT2D eigenvalue weighted by molar-refractivity contribution is -0.154. The quantitative estimate of drug-likeness (QED) is 0.103. The zero-order chi connectivity index (χ0) is 40.6. The van der Waals surface area contributed by atoms with E-state index >= 15 is 0 Å². The van der Waals surface area contributed by atoms with Gasteiger partial charge in [0.1, 0.15) is 34.8 Å². The van der Waals surface area contributed by atoms with Crippen molar-refractivity contribution in [3.8, 4) is 17.2 Å². The molecule has 12 heteroatoms. The largest absolute Gasteiger partial charge is 0.496 e. The van der Waals surface area contributed by atoms with E-state index in [1.165, 1.54) is 12.1 Å². The fourth-order valence-corrected chi connectivity index (χ4v) is 7.24. The van der Waals surface area contributed by atoms with Crippen LogP contribution in [0.4, 0.5) is 9.18 Å². The first kappa shape index (κ1) is 42.2. The van der Waals surface area contributed by atoms with Crippen LogP contribution in [0.3, 0.4) is 0 Å². The first-order valence-electron chi connectivity index (χ1n) is 19.5. The molecule has 57 heavy (non-hydrogen) atoms. The van der Waals surface area contributed by atoms with Gasteiger partial charge in [-0.3, -0.25) is 0 Å². The number of benzene rings is 4. The molecular weight excluding hydrogens is 733 g/mol. The number of rotatable bonds is 16. The molecule has 2 fully saturated rings. The maximum atomic E-state index is 13.7. The van der Waals surface area contributed by atoms with E-state index in [1.54, 1.807) is 25.2 Å². The topological polar surface area (TPSA) is 103 Å². The number of piperidine rings is 1. The van der Waals surface area contributed by atoms with E-state index < -0.39 is 29.7 Å². The Morgan fingerprint density at radius 2 is 1.61 bits per heavy atom. The number of methoxy groups -OCH3 is 2. The zero-order valence-electron chi connectivity index (χ0n) is 34.1. The van der Waals surface area contributed by atoms with Crippen molar-refractivity contribution >= 4 is 16.9 Å². The number of carbonyl (C=O) groups excluding carboxylic acids is 1. The average molecular weight is 790 g/mol. The first-order valence-corrected chi connectivity index (χ1v) is 19.5. The third-order valence-corrected chi connectivity index (χ3v) is 9.85. The van der Waals surface area contributed by atoms with E-state index in [0.717, 1.165) is 27.6 Å². The molecule has 4 aromatic rings. The van der Waals surface area contributed by atoms with Gasteiger partial charge in [-0.25, -0.2) is 9.18 Å². The van der Waals surface area contributed by atoms with Crippen LogP contribution < -0.4 is 14.2 Å². The van der Waals surface area contributed by atoms with Gasteiger partial charge in [0, 0.05) is 23.3 Å². The lowest BCUT2D eigenvalue weighted by Gasteiger charge is -2.44. The number of hydrogen-bond acceptors (Lipinski definition) is 10. The Bertz CT molecular complexity index is 1930. The SMILES string of the molecule is COc1ccc(F)cc1COCCCOc1ccc([C@@H]2[C@@H](OCc3cc(OC)c4ccccc4c3)CN(C(=O)OC(C)(C)C)C[C@H]2OC[C@H]2COC(C)(C)O2)cc1. The number of halogens is 1. The zero-order valence-corrected chi connectivity index (χ0v) is 34.1. The highest BCUT2D eigenvalue weighted by Crippen LogP contribution is 2.36. The molecule has 6 rings (SSSR count). The third kappa shape index (κ3) is 11.6. The van der Waals surface area contributed by atoms with E-state index in [2.05, 4.69) is 12.1 Å². The second kappa shape index (κ2) is 18.9.